The van der Waals surface area contributed by atoms with Crippen LogP contribution in [0.15, 0.2) is 109 Å². The average molecular weight is 473 g/mol. The zero-order valence-electron chi connectivity index (χ0n) is 21.0. The number of rotatable bonds is 7. The molecule has 2 aliphatic rings. The largest absolute Gasteiger partial charge is 0.301 e. The van der Waals surface area contributed by atoms with Crippen molar-refractivity contribution in [1.29, 1.82) is 0 Å². The summed E-state index contributed by atoms with van der Waals surface area (Å²) in [7, 11) is 0. The first kappa shape index (κ1) is 23.2. The SMILES string of the molecule is c1ccc(CN[C@@]2([C@]3(NCc4ccccc4)CCCc4ccccc43)CCCc3ccccc32)cc1. The molecule has 36 heavy (non-hydrogen) atoms. The summed E-state index contributed by atoms with van der Waals surface area (Å²) in [6, 6.07) is 40.2. The second kappa shape index (κ2) is 10.0. The zero-order valence-corrected chi connectivity index (χ0v) is 21.0. The van der Waals surface area contributed by atoms with Crippen LogP contribution in [0.1, 0.15) is 59.1 Å². The topological polar surface area (TPSA) is 24.1 Å². The average Bonchev–Trinajstić information content (AvgIpc) is 2.96. The number of aryl methyl sites for hydroxylation is 2. The second-order valence-electron chi connectivity index (χ2n) is 10.5. The van der Waals surface area contributed by atoms with Crippen molar-refractivity contribution in [2.75, 3.05) is 0 Å². The maximum atomic E-state index is 4.23. The Kier molecular flexibility index (Phi) is 6.48. The molecule has 2 atom stereocenters. The minimum absolute atomic E-state index is 0.205. The molecule has 0 fully saturated rings. The molecule has 0 heterocycles. The summed E-state index contributed by atoms with van der Waals surface area (Å²) in [5.74, 6) is 0. The van der Waals surface area contributed by atoms with Gasteiger partial charge in [-0.3, -0.25) is 0 Å². The van der Waals surface area contributed by atoms with Gasteiger partial charge in [-0.1, -0.05) is 109 Å². The van der Waals surface area contributed by atoms with E-state index in [1.54, 1.807) is 0 Å². The van der Waals surface area contributed by atoms with Crippen molar-refractivity contribution >= 4 is 0 Å². The summed E-state index contributed by atoms with van der Waals surface area (Å²) in [6.07, 6.45) is 6.92. The van der Waals surface area contributed by atoms with Crippen molar-refractivity contribution in [2.24, 2.45) is 0 Å². The van der Waals surface area contributed by atoms with Crippen molar-refractivity contribution in [1.82, 2.24) is 10.6 Å². The highest BCUT2D eigenvalue weighted by molar-refractivity contribution is 5.47. The van der Waals surface area contributed by atoms with E-state index in [1.165, 1.54) is 46.2 Å². The standard InChI is InChI=1S/C34H36N2/c1-3-13-27(14-4-1)25-35-33(23-11-19-29-17-7-9-21-31(29)33)34(36-26-28-15-5-2-6-16-28)24-12-20-30-18-8-10-22-32(30)34/h1-10,13-18,21-22,35-36H,11-12,19-20,23-26H2/t33-,34-/m0/s1. The Labute approximate surface area is 215 Å². The molecule has 0 aromatic heterocycles. The van der Waals surface area contributed by atoms with Crippen LogP contribution in [-0.4, -0.2) is 0 Å². The first-order valence-corrected chi connectivity index (χ1v) is 13.6. The predicted molar refractivity (Wildman–Crippen MR) is 149 cm³/mol. The fourth-order valence-electron chi connectivity index (χ4n) is 6.92. The number of hydrogen-bond donors (Lipinski definition) is 2. The van der Waals surface area contributed by atoms with Gasteiger partial charge in [0.25, 0.3) is 0 Å². The Bertz CT molecular complexity index is 1200. The lowest BCUT2D eigenvalue weighted by atomic mass is 9.58. The number of fused-ring (bicyclic) bond motifs is 2. The van der Waals surface area contributed by atoms with E-state index in [4.69, 9.17) is 0 Å². The van der Waals surface area contributed by atoms with Crippen LogP contribution < -0.4 is 10.6 Å². The van der Waals surface area contributed by atoms with Gasteiger partial charge >= 0.3 is 0 Å². The Morgan fingerprint density at radius 3 is 1.31 bits per heavy atom. The van der Waals surface area contributed by atoms with Gasteiger partial charge in [-0.05, 0) is 71.9 Å². The molecule has 0 aliphatic heterocycles. The van der Waals surface area contributed by atoms with E-state index in [1.807, 2.05) is 0 Å². The van der Waals surface area contributed by atoms with Crippen molar-refractivity contribution in [2.45, 2.75) is 62.7 Å². The van der Waals surface area contributed by atoms with Gasteiger partial charge in [-0.2, -0.15) is 0 Å². The molecule has 0 spiro atoms. The van der Waals surface area contributed by atoms with E-state index in [0.29, 0.717) is 0 Å². The summed E-state index contributed by atoms with van der Waals surface area (Å²) >= 11 is 0. The molecule has 4 aromatic carbocycles. The van der Waals surface area contributed by atoms with Crippen LogP contribution in [0, 0.1) is 0 Å². The number of hydrogen-bond acceptors (Lipinski definition) is 2. The summed E-state index contributed by atoms with van der Waals surface area (Å²) in [4.78, 5) is 0. The molecule has 2 aliphatic carbocycles. The molecule has 4 aromatic rings. The lowest BCUT2D eigenvalue weighted by molar-refractivity contribution is 0.0771. The molecular formula is C34H36N2. The Hall–Kier alpha value is -3.20. The molecule has 0 bridgehead atoms. The molecule has 2 N–H and O–H groups in total. The van der Waals surface area contributed by atoms with E-state index in [9.17, 15) is 0 Å². The van der Waals surface area contributed by atoms with Crippen LogP contribution in [0.4, 0.5) is 0 Å². The Morgan fingerprint density at radius 1 is 0.472 bits per heavy atom. The lowest BCUT2D eigenvalue weighted by Crippen LogP contribution is -2.66. The summed E-state index contributed by atoms with van der Waals surface area (Å²) < 4.78 is 0. The van der Waals surface area contributed by atoms with Gasteiger partial charge in [-0.25, -0.2) is 0 Å². The van der Waals surface area contributed by atoms with Crippen molar-refractivity contribution < 1.29 is 0 Å². The smallest absolute Gasteiger partial charge is 0.0667 e. The summed E-state index contributed by atoms with van der Waals surface area (Å²) in [5, 5.41) is 8.47. The Balaban J connectivity index is 1.53. The molecule has 0 saturated carbocycles. The Morgan fingerprint density at radius 2 is 0.861 bits per heavy atom. The van der Waals surface area contributed by atoms with Crippen LogP contribution in [0.2, 0.25) is 0 Å². The van der Waals surface area contributed by atoms with Gasteiger partial charge in [0.2, 0.25) is 0 Å². The fraction of sp³-hybridized carbons (Fsp3) is 0.294. The molecule has 6 rings (SSSR count). The highest BCUT2D eigenvalue weighted by Crippen LogP contribution is 2.53. The third kappa shape index (κ3) is 4.09. The molecular weight excluding hydrogens is 436 g/mol. The van der Waals surface area contributed by atoms with Crippen molar-refractivity contribution in [3.63, 3.8) is 0 Å². The summed E-state index contributed by atoms with van der Waals surface area (Å²) in [5.41, 5.74) is 8.20. The summed E-state index contributed by atoms with van der Waals surface area (Å²) in [6.45, 7) is 1.71. The lowest BCUT2D eigenvalue weighted by Gasteiger charge is -2.57. The minimum atomic E-state index is -0.205. The molecule has 0 amide bonds. The van der Waals surface area contributed by atoms with Crippen molar-refractivity contribution in [3.8, 4) is 0 Å². The number of nitrogens with one attached hydrogen (secondary N) is 2. The quantitative estimate of drug-likeness (QED) is 0.302. The van der Waals surface area contributed by atoms with Crippen LogP contribution in [0.25, 0.3) is 0 Å². The van der Waals surface area contributed by atoms with Crippen LogP contribution in [0.3, 0.4) is 0 Å². The molecule has 2 heteroatoms. The molecule has 2 nitrogen and oxygen atoms in total. The zero-order chi connectivity index (χ0) is 24.3. The normalized spacial score (nSPS) is 23.0. The van der Waals surface area contributed by atoms with Gasteiger partial charge in [0.05, 0.1) is 11.1 Å². The highest BCUT2D eigenvalue weighted by atomic mass is 15.1. The molecule has 0 unspecified atom stereocenters. The molecule has 182 valence electrons. The minimum Gasteiger partial charge on any atom is -0.301 e. The molecule has 0 saturated heterocycles. The highest BCUT2D eigenvalue weighted by Gasteiger charge is 2.55. The van der Waals surface area contributed by atoms with E-state index in [2.05, 4.69) is 120 Å². The monoisotopic (exact) mass is 472 g/mol. The van der Waals surface area contributed by atoms with Gasteiger partial charge in [-0.15, -0.1) is 0 Å². The third-order valence-electron chi connectivity index (χ3n) is 8.55. The van der Waals surface area contributed by atoms with Crippen molar-refractivity contribution in [3.05, 3.63) is 143 Å². The maximum absolute atomic E-state index is 4.23. The van der Waals surface area contributed by atoms with E-state index < -0.39 is 0 Å². The van der Waals surface area contributed by atoms with E-state index in [0.717, 1.165) is 38.8 Å². The maximum Gasteiger partial charge on any atom is 0.0667 e. The van der Waals surface area contributed by atoms with Crippen LogP contribution >= 0.6 is 0 Å². The predicted octanol–water partition coefficient (Wildman–Crippen LogP) is 7.03. The van der Waals surface area contributed by atoms with E-state index >= 15 is 0 Å². The second-order valence-corrected chi connectivity index (χ2v) is 10.5. The fourth-order valence-corrected chi connectivity index (χ4v) is 6.92. The first-order chi connectivity index (χ1) is 17.8. The van der Waals surface area contributed by atoms with E-state index in [-0.39, 0.29) is 11.1 Å². The van der Waals surface area contributed by atoms with Gasteiger partial charge in [0.15, 0.2) is 0 Å². The molecule has 0 radical (unpaired) electrons. The van der Waals surface area contributed by atoms with Crippen LogP contribution in [0.5, 0.6) is 0 Å². The number of benzene rings is 4. The van der Waals surface area contributed by atoms with Gasteiger partial charge < -0.3 is 10.6 Å². The van der Waals surface area contributed by atoms with Crippen LogP contribution in [-0.2, 0) is 37.0 Å². The first-order valence-electron chi connectivity index (χ1n) is 13.6. The van der Waals surface area contributed by atoms with Gasteiger partial charge in [0, 0.05) is 13.1 Å². The third-order valence-corrected chi connectivity index (χ3v) is 8.55. The van der Waals surface area contributed by atoms with Gasteiger partial charge in [0.1, 0.15) is 0 Å².